The number of aliphatic imine (C=N–C) groups is 1. The van der Waals surface area contributed by atoms with Crippen LogP contribution in [-0.4, -0.2) is 42.6 Å². The second kappa shape index (κ2) is 8.68. The Kier molecular flexibility index (Phi) is 6.61. The van der Waals surface area contributed by atoms with Crippen LogP contribution in [0.3, 0.4) is 0 Å². The third-order valence-corrected chi connectivity index (χ3v) is 4.34. The molecular weight excluding hydrogens is 320 g/mol. The van der Waals surface area contributed by atoms with Crippen molar-refractivity contribution in [3.8, 4) is 5.75 Å². The molecule has 6 heteroatoms. The van der Waals surface area contributed by atoms with Crippen molar-refractivity contribution in [2.75, 3.05) is 20.6 Å². The number of guanidine groups is 1. The first kappa shape index (κ1) is 18.3. The number of aromatic nitrogens is 1. The molecule has 0 amide bonds. The number of hydrogen-bond donors (Lipinski definition) is 1. The van der Waals surface area contributed by atoms with Gasteiger partial charge in [-0.05, 0) is 38.5 Å². The fraction of sp³-hybridized carbons (Fsp3) is 0.444. The lowest BCUT2D eigenvalue weighted by Gasteiger charge is -2.23. The van der Waals surface area contributed by atoms with E-state index in [2.05, 4.69) is 38.6 Å². The molecule has 130 valence electrons. The van der Waals surface area contributed by atoms with Gasteiger partial charge in [-0.15, -0.1) is 11.3 Å². The Morgan fingerprint density at radius 2 is 2.21 bits per heavy atom. The maximum atomic E-state index is 5.94. The molecule has 0 saturated carbocycles. The normalized spacial score (nSPS) is 12.8. The standard InChI is InChI=1S/C18H26N4OS/c1-13-7-6-8-17(9-13)23-14(2)10-20-18(19-4)22(5)11-16-12-24-15(3)21-16/h6-9,12,14H,10-11H2,1-5H3,(H,19,20). The van der Waals surface area contributed by atoms with Crippen LogP contribution < -0.4 is 10.1 Å². The average molecular weight is 347 g/mol. The van der Waals surface area contributed by atoms with Crippen molar-refractivity contribution >= 4 is 17.3 Å². The van der Waals surface area contributed by atoms with E-state index in [1.54, 1.807) is 18.4 Å². The third-order valence-electron chi connectivity index (χ3n) is 3.51. The van der Waals surface area contributed by atoms with Crippen LogP contribution in [0.5, 0.6) is 5.75 Å². The molecule has 1 unspecified atom stereocenters. The van der Waals surface area contributed by atoms with Gasteiger partial charge in [0.25, 0.3) is 0 Å². The first-order valence-electron chi connectivity index (χ1n) is 8.04. The second-order valence-corrected chi connectivity index (χ2v) is 6.95. The fourth-order valence-electron chi connectivity index (χ4n) is 2.38. The molecule has 0 aliphatic rings. The van der Waals surface area contributed by atoms with Gasteiger partial charge in [0.15, 0.2) is 5.96 Å². The number of hydrogen-bond acceptors (Lipinski definition) is 4. The zero-order valence-electron chi connectivity index (χ0n) is 15.0. The number of benzene rings is 1. The van der Waals surface area contributed by atoms with Gasteiger partial charge < -0.3 is 15.0 Å². The topological polar surface area (TPSA) is 49.8 Å². The Labute approximate surface area is 148 Å². The van der Waals surface area contributed by atoms with Crippen LogP contribution in [0.2, 0.25) is 0 Å². The van der Waals surface area contributed by atoms with E-state index in [-0.39, 0.29) is 6.10 Å². The predicted molar refractivity (Wildman–Crippen MR) is 101 cm³/mol. The van der Waals surface area contributed by atoms with Crippen LogP contribution in [0.25, 0.3) is 0 Å². The predicted octanol–water partition coefficient (Wildman–Crippen LogP) is 3.23. The zero-order valence-corrected chi connectivity index (χ0v) is 15.9. The van der Waals surface area contributed by atoms with Gasteiger partial charge in [-0.3, -0.25) is 4.99 Å². The van der Waals surface area contributed by atoms with E-state index in [0.29, 0.717) is 6.54 Å². The molecule has 0 fully saturated rings. The Morgan fingerprint density at radius 1 is 1.42 bits per heavy atom. The molecule has 0 saturated heterocycles. The summed E-state index contributed by atoms with van der Waals surface area (Å²) < 4.78 is 5.94. The molecule has 0 aliphatic heterocycles. The maximum Gasteiger partial charge on any atom is 0.193 e. The van der Waals surface area contributed by atoms with Gasteiger partial charge in [0, 0.05) is 19.5 Å². The van der Waals surface area contributed by atoms with E-state index in [4.69, 9.17) is 4.74 Å². The van der Waals surface area contributed by atoms with Gasteiger partial charge in [-0.1, -0.05) is 12.1 Å². The van der Waals surface area contributed by atoms with Crippen molar-refractivity contribution in [3.63, 3.8) is 0 Å². The van der Waals surface area contributed by atoms with Crippen LogP contribution in [0, 0.1) is 13.8 Å². The number of ether oxygens (including phenoxy) is 1. The molecule has 5 nitrogen and oxygen atoms in total. The molecule has 2 aromatic rings. The molecule has 0 bridgehead atoms. The Hall–Kier alpha value is -2.08. The minimum Gasteiger partial charge on any atom is -0.489 e. The lowest BCUT2D eigenvalue weighted by atomic mass is 10.2. The summed E-state index contributed by atoms with van der Waals surface area (Å²) in [6.07, 6.45) is 0.0402. The molecule has 0 aliphatic carbocycles. The highest BCUT2D eigenvalue weighted by Crippen LogP contribution is 2.14. The number of thiazole rings is 1. The number of nitrogens with zero attached hydrogens (tertiary/aromatic N) is 3. The summed E-state index contributed by atoms with van der Waals surface area (Å²) in [5, 5.41) is 6.53. The van der Waals surface area contributed by atoms with Gasteiger partial charge in [0.05, 0.1) is 23.8 Å². The fourth-order valence-corrected chi connectivity index (χ4v) is 2.98. The van der Waals surface area contributed by atoms with Crippen molar-refractivity contribution in [3.05, 3.63) is 45.9 Å². The summed E-state index contributed by atoms with van der Waals surface area (Å²) in [4.78, 5) is 10.9. The molecule has 1 atom stereocenters. The molecule has 1 heterocycles. The third kappa shape index (κ3) is 5.53. The van der Waals surface area contributed by atoms with Crippen LogP contribution >= 0.6 is 11.3 Å². The Bertz CT molecular complexity index is 683. The summed E-state index contributed by atoms with van der Waals surface area (Å²) in [5.74, 6) is 1.73. The van der Waals surface area contributed by atoms with Gasteiger partial charge in [0.1, 0.15) is 11.9 Å². The van der Waals surface area contributed by atoms with Crippen molar-refractivity contribution in [2.24, 2.45) is 4.99 Å². The lowest BCUT2D eigenvalue weighted by Crippen LogP contribution is -2.42. The maximum absolute atomic E-state index is 5.94. The first-order chi connectivity index (χ1) is 11.5. The molecule has 1 aromatic heterocycles. The molecule has 1 N–H and O–H groups in total. The van der Waals surface area contributed by atoms with E-state index in [0.717, 1.165) is 29.0 Å². The first-order valence-corrected chi connectivity index (χ1v) is 8.92. The van der Waals surface area contributed by atoms with Gasteiger partial charge in [-0.2, -0.15) is 0 Å². The van der Waals surface area contributed by atoms with E-state index in [1.807, 2.05) is 39.1 Å². The van der Waals surface area contributed by atoms with E-state index < -0.39 is 0 Å². The molecular formula is C18H26N4OS. The van der Waals surface area contributed by atoms with Crippen molar-refractivity contribution in [2.45, 2.75) is 33.4 Å². The summed E-state index contributed by atoms with van der Waals surface area (Å²) in [5.41, 5.74) is 2.26. The molecule has 2 rings (SSSR count). The number of nitrogens with one attached hydrogen (secondary N) is 1. The van der Waals surface area contributed by atoms with Gasteiger partial charge in [-0.25, -0.2) is 4.98 Å². The Morgan fingerprint density at radius 3 is 2.83 bits per heavy atom. The van der Waals surface area contributed by atoms with Crippen LogP contribution in [-0.2, 0) is 6.54 Å². The SMILES string of the molecule is CN=C(NCC(C)Oc1cccc(C)c1)N(C)Cc1csc(C)n1. The lowest BCUT2D eigenvalue weighted by molar-refractivity contribution is 0.222. The van der Waals surface area contributed by atoms with Crippen molar-refractivity contribution in [1.82, 2.24) is 15.2 Å². The highest BCUT2D eigenvalue weighted by atomic mass is 32.1. The molecule has 1 aromatic carbocycles. The number of aryl methyl sites for hydroxylation is 2. The minimum absolute atomic E-state index is 0.0402. The van der Waals surface area contributed by atoms with Crippen molar-refractivity contribution < 1.29 is 4.74 Å². The average Bonchev–Trinajstić information content (AvgIpc) is 2.93. The summed E-state index contributed by atoms with van der Waals surface area (Å²) >= 11 is 1.67. The zero-order chi connectivity index (χ0) is 17.5. The summed E-state index contributed by atoms with van der Waals surface area (Å²) in [6, 6.07) is 8.09. The molecule has 24 heavy (non-hydrogen) atoms. The van der Waals surface area contributed by atoms with E-state index in [9.17, 15) is 0 Å². The number of rotatable bonds is 6. The Balaban J connectivity index is 1.84. The van der Waals surface area contributed by atoms with Crippen LogP contribution in [0.1, 0.15) is 23.2 Å². The highest BCUT2D eigenvalue weighted by molar-refractivity contribution is 7.09. The molecule has 0 spiro atoms. The minimum atomic E-state index is 0.0402. The summed E-state index contributed by atoms with van der Waals surface area (Å²) in [7, 11) is 3.80. The van der Waals surface area contributed by atoms with Crippen LogP contribution in [0.4, 0.5) is 0 Å². The van der Waals surface area contributed by atoms with E-state index in [1.165, 1.54) is 5.56 Å². The van der Waals surface area contributed by atoms with Gasteiger partial charge >= 0.3 is 0 Å². The quantitative estimate of drug-likeness (QED) is 0.644. The molecule has 0 radical (unpaired) electrons. The van der Waals surface area contributed by atoms with E-state index >= 15 is 0 Å². The largest absolute Gasteiger partial charge is 0.489 e. The highest BCUT2D eigenvalue weighted by Gasteiger charge is 2.11. The smallest absolute Gasteiger partial charge is 0.193 e. The van der Waals surface area contributed by atoms with Crippen LogP contribution in [0.15, 0.2) is 34.6 Å². The van der Waals surface area contributed by atoms with Gasteiger partial charge in [0.2, 0.25) is 0 Å². The summed E-state index contributed by atoms with van der Waals surface area (Å²) in [6.45, 7) is 7.54. The van der Waals surface area contributed by atoms with Crippen molar-refractivity contribution in [1.29, 1.82) is 0 Å². The monoisotopic (exact) mass is 346 g/mol. The second-order valence-electron chi connectivity index (χ2n) is 5.89.